The lowest BCUT2D eigenvalue weighted by atomic mass is 10.2. The predicted octanol–water partition coefficient (Wildman–Crippen LogP) is 1.55. The number of nitrogens with zero attached hydrogens (tertiary/aromatic N) is 1. The maximum absolute atomic E-state index is 12.2. The van der Waals surface area contributed by atoms with Crippen LogP contribution in [0.1, 0.15) is 6.92 Å². The summed E-state index contributed by atoms with van der Waals surface area (Å²) >= 11 is 6.01. The quantitative estimate of drug-likeness (QED) is 0.855. The molecule has 6 heteroatoms. The third-order valence-electron chi connectivity index (χ3n) is 2.96. The smallest absolute Gasteiger partial charge is 0.263 e. The molecule has 0 aliphatic carbocycles. The van der Waals surface area contributed by atoms with Gasteiger partial charge in [-0.1, -0.05) is 17.7 Å². The average Bonchev–Trinajstić information content (AvgIpc) is 2.43. The number of rotatable bonds is 3. The normalized spacial score (nSPS) is 17.1. The van der Waals surface area contributed by atoms with Crippen LogP contribution < -0.4 is 10.5 Å². The summed E-state index contributed by atoms with van der Waals surface area (Å²) in [7, 11) is 0. The Balaban J connectivity index is 2.03. The van der Waals surface area contributed by atoms with E-state index >= 15 is 0 Å². The predicted molar refractivity (Wildman–Crippen MR) is 73.4 cm³/mol. The summed E-state index contributed by atoms with van der Waals surface area (Å²) in [6.45, 7) is 4.00. The highest BCUT2D eigenvalue weighted by molar-refractivity contribution is 6.32. The number of hydrogen-bond acceptors (Lipinski definition) is 4. The van der Waals surface area contributed by atoms with Gasteiger partial charge in [-0.05, 0) is 19.1 Å². The van der Waals surface area contributed by atoms with Crippen molar-refractivity contribution in [3.63, 3.8) is 0 Å². The molecule has 2 N–H and O–H groups in total. The molecule has 1 fully saturated rings. The number of halogens is 1. The third kappa shape index (κ3) is 3.30. The Kier molecular flexibility index (Phi) is 4.50. The number of hydrogen-bond donors (Lipinski definition) is 1. The van der Waals surface area contributed by atoms with Gasteiger partial charge in [-0.25, -0.2) is 0 Å². The summed E-state index contributed by atoms with van der Waals surface area (Å²) in [5.41, 5.74) is 6.22. The van der Waals surface area contributed by atoms with Gasteiger partial charge in [0.15, 0.2) is 11.9 Å². The molecule has 0 bridgehead atoms. The van der Waals surface area contributed by atoms with Gasteiger partial charge in [-0.2, -0.15) is 0 Å². The second kappa shape index (κ2) is 6.12. The highest BCUT2D eigenvalue weighted by Crippen LogP contribution is 2.31. The van der Waals surface area contributed by atoms with Crippen LogP contribution in [-0.4, -0.2) is 43.2 Å². The molecule has 0 saturated carbocycles. The number of para-hydroxylation sites is 1. The van der Waals surface area contributed by atoms with Crippen LogP contribution >= 0.6 is 11.6 Å². The first-order chi connectivity index (χ1) is 9.09. The number of anilines is 1. The molecule has 1 aromatic rings. The zero-order valence-corrected chi connectivity index (χ0v) is 11.5. The molecule has 1 saturated heterocycles. The fraction of sp³-hybridized carbons (Fsp3) is 0.462. The largest absolute Gasteiger partial charge is 0.477 e. The Labute approximate surface area is 117 Å². The number of nitrogens with two attached hydrogens (primary N) is 1. The van der Waals surface area contributed by atoms with Gasteiger partial charge < -0.3 is 20.1 Å². The molecule has 19 heavy (non-hydrogen) atoms. The Hall–Kier alpha value is -1.46. The summed E-state index contributed by atoms with van der Waals surface area (Å²) in [6.07, 6.45) is -0.625. The number of morpholine rings is 1. The molecule has 1 heterocycles. The van der Waals surface area contributed by atoms with Crippen molar-refractivity contribution in [3.8, 4) is 5.75 Å². The van der Waals surface area contributed by atoms with Crippen molar-refractivity contribution >= 4 is 23.2 Å². The van der Waals surface area contributed by atoms with Crippen LogP contribution in [-0.2, 0) is 9.53 Å². The molecular formula is C13H17ClN2O3. The molecular weight excluding hydrogens is 268 g/mol. The van der Waals surface area contributed by atoms with E-state index in [1.54, 1.807) is 30.0 Å². The van der Waals surface area contributed by atoms with Crippen molar-refractivity contribution in [1.82, 2.24) is 4.90 Å². The topological polar surface area (TPSA) is 64.8 Å². The number of benzene rings is 1. The van der Waals surface area contributed by atoms with E-state index in [2.05, 4.69) is 0 Å². The average molecular weight is 285 g/mol. The van der Waals surface area contributed by atoms with Crippen molar-refractivity contribution < 1.29 is 14.3 Å². The molecule has 1 atom stereocenters. The first-order valence-electron chi connectivity index (χ1n) is 6.17. The van der Waals surface area contributed by atoms with Crippen LogP contribution in [0, 0.1) is 0 Å². The van der Waals surface area contributed by atoms with Crippen LogP contribution in [0.4, 0.5) is 5.69 Å². The molecule has 1 amide bonds. The summed E-state index contributed by atoms with van der Waals surface area (Å²) in [4.78, 5) is 13.9. The molecule has 1 aromatic carbocycles. The van der Waals surface area contributed by atoms with Gasteiger partial charge >= 0.3 is 0 Å². The van der Waals surface area contributed by atoms with E-state index in [-0.39, 0.29) is 5.91 Å². The Morgan fingerprint density at radius 1 is 1.47 bits per heavy atom. The SMILES string of the molecule is CC(Oc1c(N)cccc1Cl)C(=O)N1CCOCC1. The summed E-state index contributed by atoms with van der Waals surface area (Å²) in [6, 6.07) is 5.10. The van der Waals surface area contributed by atoms with Gasteiger partial charge in [-0.3, -0.25) is 4.79 Å². The highest BCUT2D eigenvalue weighted by Gasteiger charge is 2.24. The molecule has 2 rings (SSSR count). The van der Waals surface area contributed by atoms with Gasteiger partial charge in [0.2, 0.25) is 0 Å². The van der Waals surface area contributed by atoms with Gasteiger partial charge in [0, 0.05) is 13.1 Å². The monoisotopic (exact) mass is 284 g/mol. The van der Waals surface area contributed by atoms with E-state index < -0.39 is 6.10 Å². The molecule has 1 aliphatic heterocycles. The van der Waals surface area contributed by atoms with Crippen molar-refractivity contribution in [2.24, 2.45) is 0 Å². The minimum absolute atomic E-state index is 0.0809. The van der Waals surface area contributed by atoms with E-state index in [0.717, 1.165) is 0 Å². The molecule has 0 aromatic heterocycles. The second-order valence-corrected chi connectivity index (χ2v) is 4.76. The maximum Gasteiger partial charge on any atom is 0.263 e. The van der Waals surface area contributed by atoms with Crippen LogP contribution in [0.15, 0.2) is 18.2 Å². The van der Waals surface area contributed by atoms with Crippen LogP contribution in [0.3, 0.4) is 0 Å². The van der Waals surface area contributed by atoms with E-state index in [9.17, 15) is 4.79 Å². The van der Waals surface area contributed by atoms with Gasteiger partial charge in [0.1, 0.15) is 0 Å². The Morgan fingerprint density at radius 3 is 2.79 bits per heavy atom. The maximum atomic E-state index is 12.2. The van der Waals surface area contributed by atoms with Gasteiger partial charge in [0.05, 0.1) is 23.9 Å². The lowest BCUT2D eigenvalue weighted by Crippen LogP contribution is -2.46. The van der Waals surface area contributed by atoms with Gasteiger partial charge in [0.25, 0.3) is 5.91 Å². The Bertz CT molecular complexity index is 441. The van der Waals surface area contributed by atoms with Crippen LogP contribution in [0.5, 0.6) is 5.75 Å². The van der Waals surface area contributed by atoms with Crippen molar-refractivity contribution in [2.45, 2.75) is 13.0 Å². The minimum Gasteiger partial charge on any atom is -0.477 e. The van der Waals surface area contributed by atoms with Crippen LogP contribution in [0.25, 0.3) is 0 Å². The highest BCUT2D eigenvalue weighted by atomic mass is 35.5. The molecule has 1 unspecified atom stereocenters. The summed E-state index contributed by atoms with van der Waals surface area (Å²) in [5, 5.41) is 0.404. The Morgan fingerprint density at radius 2 is 2.16 bits per heavy atom. The lowest BCUT2D eigenvalue weighted by Gasteiger charge is -2.29. The number of nitrogen functional groups attached to an aromatic ring is 1. The number of ether oxygens (including phenoxy) is 2. The molecule has 5 nitrogen and oxygen atoms in total. The fourth-order valence-corrected chi connectivity index (χ4v) is 2.14. The summed E-state index contributed by atoms with van der Waals surface area (Å²) in [5.74, 6) is 0.279. The fourth-order valence-electron chi connectivity index (χ4n) is 1.92. The number of carbonyl (C=O) groups excluding carboxylic acids is 1. The van der Waals surface area contributed by atoms with Gasteiger partial charge in [-0.15, -0.1) is 0 Å². The first-order valence-corrected chi connectivity index (χ1v) is 6.54. The standard InChI is InChI=1S/C13H17ClN2O3/c1-9(13(17)16-5-7-18-8-6-16)19-12-10(14)3-2-4-11(12)15/h2-4,9H,5-8,15H2,1H3. The molecule has 104 valence electrons. The van der Waals surface area contributed by atoms with Crippen molar-refractivity contribution in [1.29, 1.82) is 0 Å². The van der Waals surface area contributed by atoms with Crippen molar-refractivity contribution in [3.05, 3.63) is 23.2 Å². The molecule has 1 aliphatic rings. The van der Waals surface area contributed by atoms with E-state index in [1.165, 1.54) is 0 Å². The van der Waals surface area contributed by atoms with Crippen LogP contribution in [0.2, 0.25) is 5.02 Å². The lowest BCUT2D eigenvalue weighted by molar-refractivity contribution is -0.142. The van der Waals surface area contributed by atoms with E-state index in [0.29, 0.717) is 42.8 Å². The summed E-state index contributed by atoms with van der Waals surface area (Å²) < 4.78 is 10.8. The number of amides is 1. The minimum atomic E-state index is -0.625. The van der Waals surface area contributed by atoms with E-state index in [1.807, 2.05) is 0 Å². The van der Waals surface area contributed by atoms with E-state index in [4.69, 9.17) is 26.8 Å². The first kappa shape index (κ1) is 14.0. The zero-order valence-electron chi connectivity index (χ0n) is 10.8. The van der Waals surface area contributed by atoms with Crippen molar-refractivity contribution in [2.75, 3.05) is 32.0 Å². The molecule has 0 radical (unpaired) electrons. The third-order valence-corrected chi connectivity index (χ3v) is 3.26. The zero-order chi connectivity index (χ0) is 13.8. The number of carbonyl (C=O) groups is 1. The molecule has 0 spiro atoms. The second-order valence-electron chi connectivity index (χ2n) is 4.36.